The van der Waals surface area contributed by atoms with Crippen molar-refractivity contribution in [1.82, 2.24) is 4.98 Å². The largest absolute Gasteiger partial charge is 0.317 e. The van der Waals surface area contributed by atoms with Crippen LogP contribution in [0.4, 0.5) is 5.69 Å². The Morgan fingerprint density at radius 2 is 2.06 bits per heavy atom. The molecule has 4 heteroatoms. The molecule has 1 amide bonds. The minimum atomic E-state index is 0.256. The van der Waals surface area contributed by atoms with E-state index in [4.69, 9.17) is 11.6 Å². The van der Waals surface area contributed by atoms with Gasteiger partial charge in [-0.15, -0.1) is 0 Å². The first-order chi connectivity index (χ1) is 7.81. The highest BCUT2D eigenvalue weighted by Crippen LogP contribution is 2.26. The molecule has 1 saturated carbocycles. The maximum Gasteiger partial charge on any atom is 0.317 e. The van der Waals surface area contributed by atoms with E-state index in [2.05, 4.69) is 4.98 Å². The van der Waals surface area contributed by atoms with E-state index in [9.17, 15) is 4.79 Å². The Hall–Kier alpha value is -1.09. The molecule has 0 bridgehead atoms. The van der Waals surface area contributed by atoms with Crippen LogP contribution in [-0.4, -0.2) is 17.4 Å². The fourth-order valence-electron chi connectivity index (χ4n) is 2.21. The number of pyridine rings is 1. The van der Waals surface area contributed by atoms with Gasteiger partial charge < -0.3 is 0 Å². The summed E-state index contributed by atoms with van der Waals surface area (Å²) in [5.74, 6) is 0. The van der Waals surface area contributed by atoms with Crippen molar-refractivity contribution < 1.29 is 4.79 Å². The van der Waals surface area contributed by atoms with Crippen molar-refractivity contribution in [2.75, 3.05) is 4.90 Å². The minimum Gasteiger partial charge on any atom is -0.299 e. The van der Waals surface area contributed by atoms with E-state index in [0.29, 0.717) is 5.02 Å². The molecular formula is C12H14ClN2O. The molecule has 3 nitrogen and oxygen atoms in total. The van der Waals surface area contributed by atoms with Crippen molar-refractivity contribution in [2.24, 2.45) is 0 Å². The SMILES string of the molecule is O=[C]N(c1cncc(Cl)c1)C1CCCCC1. The van der Waals surface area contributed by atoms with E-state index >= 15 is 0 Å². The highest BCUT2D eigenvalue weighted by molar-refractivity contribution is 6.30. The lowest BCUT2D eigenvalue weighted by Crippen LogP contribution is -2.35. The summed E-state index contributed by atoms with van der Waals surface area (Å²) >= 11 is 5.87. The molecule has 85 valence electrons. The first-order valence-electron chi connectivity index (χ1n) is 5.59. The summed E-state index contributed by atoms with van der Waals surface area (Å²) in [6.07, 6.45) is 10.9. The quantitative estimate of drug-likeness (QED) is 0.758. The third-order valence-electron chi connectivity index (χ3n) is 3.01. The van der Waals surface area contributed by atoms with Gasteiger partial charge in [-0.1, -0.05) is 30.9 Å². The summed E-state index contributed by atoms with van der Waals surface area (Å²) in [5, 5.41) is 0.550. The van der Waals surface area contributed by atoms with Crippen LogP contribution >= 0.6 is 11.6 Å². The van der Waals surface area contributed by atoms with Gasteiger partial charge in [0.25, 0.3) is 0 Å². The molecular weight excluding hydrogens is 224 g/mol. The number of hydrogen-bond donors (Lipinski definition) is 0. The van der Waals surface area contributed by atoms with Crippen LogP contribution in [0.2, 0.25) is 5.02 Å². The van der Waals surface area contributed by atoms with Gasteiger partial charge in [-0.3, -0.25) is 14.7 Å². The normalized spacial score (nSPS) is 17.1. The van der Waals surface area contributed by atoms with Crippen LogP contribution in [0.25, 0.3) is 0 Å². The maximum absolute atomic E-state index is 11.0. The number of hydrogen-bond acceptors (Lipinski definition) is 2. The first-order valence-corrected chi connectivity index (χ1v) is 5.96. The molecule has 1 radical (unpaired) electrons. The van der Waals surface area contributed by atoms with Gasteiger partial charge >= 0.3 is 6.41 Å². The zero-order valence-electron chi connectivity index (χ0n) is 9.03. The second kappa shape index (κ2) is 5.30. The molecule has 0 spiro atoms. The standard InChI is InChI=1S/C12H14ClN2O/c13-10-6-12(8-14-7-10)15(9-16)11-4-2-1-3-5-11/h6-8,11H,1-5H2. The van der Waals surface area contributed by atoms with Crippen LogP contribution in [0.1, 0.15) is 32.1 Å². The van der Waals surface area contributed by atoms with Crippen molar-refractivity contribution in [3.05, 3.63) is 23.5 Å². The van der Waals surface area contributed by atoms with E-state index < -0.39 is 0 Å². The van der Waals surface area contributed by atoms with Gasteiger partial charge in [-0.05, 0) is 18.9 Å². The summed E-state index contributed by atoms with van der Waals surface area (Å²) < 4.78 is 0. The molecule has 0 aliphatic heterocycles. The lowest BCUT2D eigenvalue weighted by atomic mass is 9.94. The summed E-state index contributed by atoms with van der Waals surface area (Å²) in [7, 11) is 0. The van der Waals surface area contributed by atoms with Gasteiger partial charge in [0.1, 0.15) is 0 Å². The fourth-order valence-corrected chi connectivity index (χ4v) is 2.38. The van der Waals surface area contributed by atoms with Crippen molar-refractivity contribution in [3.8, 4) is 0 Å². The van der Waals surface area contributed by atoms with Gasteiger partial charge in [0.15, 0.2) is 0 Å². The smallest absolute Gasteiger partial charge is 0.299 e. The maximum atomic E-state index is 11.0. The molecule has 0 atom stereocenters. The van der Waals surface area contributed by atoms with Crippen LogP contribution in [-0.2, 0) is 4.79 Å². The Morgan fingerprint density at radius 1 is 1.31 bits per heavy atom. The highest BCUT2D eigenvalue weighted by Gasteiger charge is 2.22. The van der Waals surface area contributed by atoms with Gasteiger partial charge in [0.2, 0.25) is 0 Å². The lowest BCUT2D eigenvalue weighted by Gasteiger charge is -2.30. The summed E-state index contributed by atoms with van der Waals surface area (Å²) in [4.78, 5) is 16.7. The van der Waals surface area contributed by atoms with Crippen molar-refractivity contribution in [1.29, 1.82) is 0 Å². The molecule has 1 heterocycles. The van der Waals surface area contributed by atoms with Gasteiger partial charge in [0.05, 0.1) is 16.9 Å². The van der Waals surface area contributed by atoms with Crippen LogP contribution < -0.4 is 4.90 Å². The van der Waals surface area contributed by atoms with E-state index in [0.717, 1.165) is 18.5 Å². The topological polar surface area (TPSA) is 33.2 Å². The molecule has 2 rings (SSSR count). The number of carbonyl (C=O) groups excluding carboxylic acids is 1. The molecule has 0 N–H and O–H groups in total. The summed E-state index contributed by atoms with van der Waals surface area (Å²) in [6.45, 7) is 0. The van der Waals surface area contributed by atoms with Crippen molar-refractivity contribution >= 4 is 23.7 Å². The predicted molar refractivity (Wildman–Crippen MR) is 64.3 cm³/mol. The van der Waals surface area contributed by atoms with Gasteiger partial charge in [-0.2, -0.15) is 0 Å². The molecule has 1 aromatic heterocycles. The second-order valence-electron chi connectivity index (χ2n) is 4.11. The average molecular weight is 238 g/mol. The lowest BCUT2D eigenvalue weighted by molar-refractivity contribution is 0.431. The Morgan fingerprint density at radius 3 is 2.69 bits per heavy atom. The number of rotatable bonds is 3. The van der Waals surface area contributed by atoms with E-state index in [1.807, 2.05) is 6.41 Å². The zero-order chi connectivity index (χ0) is 11.4. The third kappa shape index (κ3) is 2.53. The molecule has 0 aromatic carbocycles. The number of halogens is 1. The Labute approximate surface area is 100 Å². The number of nitrogens with zero attached hydrogens (tertiary/aromatic N) is 2. The minimum absolute atomic E-state index is 0.256. The number of anilines is 1. The predicted octanol–water partition coefficient (Wildman–Crippen LogP) is 2.94. The number of aromatic nitrogens is 1. The molecule has 1 aromatic rings. The zero-order valence-corrected chi connectivity index (χ0v) is 9.78. The first kappa shape index (κ1) is 11.4. The molecule has 1 aliphatic carbocycles. The van der Waals surface area contributed by atoms with E-state index in [1.165, 1.54) is 19.3 Å². The van der Waals surface area contributed by atoms with Crippen LogP contribution in [0.3, 0.4) is 0 Å². The van der Waals surface area contributed by atoms with Crippen molar-refractivity contribution in [2.45, 2.75) is 38.1 Å². The Bertz CT molecular complexity index is 364. The van der Waals surface area contributed by atoms with E-state index in [1.54, 1.807) is 23.4 Å². The van der Waals surface area contributed by atoms with Crippen molar-refractivity contribution in [3.63, 3.8) is 0 Å². The molecule has 1 fully saturated rings. The summed E-state index contributed by atoms with van der Waals surface area (Å²) in [6, 6.07) is 2.01. The highest BCUT2D eigenvalue weighted by atomic mass is 35.5. The van der Waals surface area contributed by atoms with Gasteiger partial charge in [0, 0.05) is 12.2 Å². The van der Waals surface area contributed by atoms with Gasteiger partial charge in [-0.25, -0.2) is 0 Å². The molecule has 16 heavy (non-hydrogen) atoms. The van der Waals surface area contributed by atoms with E-state index in [-0.39, 0.29) is 6.04 Å². The molecule has 0 saturated heterocycles. The van der Waals surface area contributed by atoms with Crippen LogP contribution in [0, 0.1) is 0 Å². The number of amides is 1. The molecule has 1 aliphatic rings. The van der Waals surface area contributed by atoms with Crippen LogP contribution in [0.15, 0.2) is 18.5 Å². The fraction of sp³-hybridized carbons (Fsp3) is 0.500. The Balaban J connectivity index is 2.17. The monoisotopic (exact) mass is 237 g/mol. The average Bonchev–Trinajstić information content (AvgIpc) is 2.31. The molecule has 0 unspecified atom stereocenters. The Kier molecular flexibility index (Phi) is 3.78. The third-order valence-corrected chi connectivity index (χ3v) is 3.21. The summed E-state index contributed by atoms with van der Waals surface area (Å²) in [5.41, 5.74) is 0.745. The van der Waals surface area contributed by atoms with Crippen LogP contribution in [0.5, 0.6) is 0 Å². The second-order valence-corrected chi connectivity index (χ2v) is 4.55.